The fourth-order valence-electron chi connectivity index (χ4n) is 2.29. The van der Waals surface area contributed by atoms with Gasteiger partial charge in [0.1, 0.15) is 11.1 Å². The predicted octanol–water partition coefficient (Wildman–Crippen LogP) is 1.40. The molecular formula is C9H19NO3. The number of hydrogen-bond acceptors (Lipinski definition) is 3. The zero-order valence-corrected chi connectivity index (χ0v) is 8.74. The molecule has 0 amide bonds. The first-order valence-electron chi connectivity index (χ1n) is 4.61. The predicted molar refractivity (Wildman–Crippen MR) is 48.8 cm³/mol. The Balaban J connectivity index is 3.03. The molecule has 1 aliphatic heterocycles. The average Bonchev–Trinajstić information content (AvgIpc) is 1.80. The summed E-state index contributed by atoms with van der Waals surface area (Å²) in [5.74, 6) is 0. The second-order valence-electron chi connectivity index (χ2n) is 5.26. The van der Waals surface area contributed by atoms with Crippen LogP contribution in [0.5, 0.6) is 0 Å². The van der Waals surface area contributed by atoms with Gasteiger partial charge in [0.25, 0.3) is 0 Å². The topological polar surface area (TPSA) is 63.5 Å². The van der Waals surface area contributed by atoms with Crippen molar-refractivity contribution >= 4 is 0 Å². The number of quaternary nitrogens is 1. The van der Waals surface area contributed by atoms with E-state index < -0.39 is 22.0 Å². The summed E-state index contributed by atoms with van der Waals surface area (Å²) in [6.07, 6.45) is 0.199. The SMILES string of the molecule is CC1(C)CC(O)CC(C)(C)[N+]1([O-])O. The number of aliphatic hydroxyl groups excluding tert-OH is 1. The van der Waals surface area contributed by atoms with Crippen LogP contribution in [0.3, 0.4) is 0 Å². The van der Waals surface area contributed by atoms with E-state index in [9.17, 15) is 15.5 Å². The van der Waals surface area contributed by atoms with Crippen LogP contribution in [0.1, 0.15) is 40.5 Å². The van der Waals surface area contributed by atoms with Crippen LogP contribution in [0.15, 0.2) is 0 Å². The molecule has 0 unspecified atom stereocenters. The van der Waals surface area contributed by atoms with E-state index in [0.717, 1.165) is 0 Å². The molecule has 1 aliphatic rings. The number of piperidine rings is 1. The summed E-state index contributed by atoms with van der Waals surface area (Å²) < 4.78 is 0. The van der Waals surface area contributed by atoms with E-state index in [0.29, 0.717) is 12.8 Å². The van der Waals surface area contributed by atoms with Gasteiger partial charge in [-0.3, -0.25) is 0 Å². The van der Waals surface area contributed by atoms with Crippen molar-refractivity contribution in [3.8, 4) is 0 Å². The molecule has 1 heterocycles. The molecule has 0 saturated carbocycles. The molecule has 0 aromatic carbocycles. The van der Waals surface area contributed by atoms with Crippen molar-refractivity contribution in [1.82, 2.24) is 0 Å². The monoisotopic (exact) mass is 189 g/mol. The van der Waals surface area contributed by atoms with Gasteiger partial charge in [-0.2, -0.15) is 0 Å². The van der Waals surface area contributed by atoms with Gasteiger partial charge in [0.15, 0.2) is 0 Å². The highest BCUT2D eigenvalue weighted by Crippen LogP contribution is 2.42. The highest BCUT2D eigenvalue weighted by molar-refractivity contribution is 4.88. The van der Waals surface area contributed by atoms with E-state index in [1.54, 1.807) is 27.7 Å². The highest BCUT2D eigenvalue weighted by atomic mass is 16.8. The molecule has 0 aromatic heterocycles. The van der Waals surface area contributed by atoms with Crippen LogP contribution < -0.4 is 0 Å². The molecule has 1 fully saturated rings. The molecule has 4 heteroatoms. The smallest absolute Gasteiger partial charge is 0.126 e. The Morgan fingerprint density at radius 2 is 1.46 bits per heavy atom. The van der Waals surface area contributed by atoms with E-state index in [-0.39, 0.29) is 0 Å². The van der Waals surface area contributed by atoms with Crippen molar-refractivity contribution in [2.75, 3.05) is 0 Å². The Bertz CT molecular complexity index is 191. The summed E-state index contributed by atoms with van der Waals surface area (Å²) in [7, 11) is 0. The van der Waals surface area contributed by atoms with Crippen LogP contribution >= 0.6 is 0 Å². The Kier molecular flexibility index (Phi) is 2.24. The number of nitrogens with zero attached hydrogens (tertiary/aromatic N) is 1. The fraction of sp³-hybridized carbons (Fsp3) is 1.00. The summed E-state index contributed by atoms with van der Waals surface area (Å²) in [5.41, 5.74) is -1.66. The number of aliphatic hydroxyl groups is 1. The summed E-state index contributed by atoms with van der Waals surface area (Å²) in [4.78, 5) is -1.27. The van der Waals surface area contributed by atoms with Gasteiger partial charge in [0.2, 0.25) is 0 Å². The van der Waals surface area contributed by atoms with Gasteiger partial charge in [-0.05, 0) is 27.7 Å². The molecule has 0 spiro atoms. The summed E-state index contributed by atoms with van der Waals surface area (Å²) in [5, 5.41) is 31.3. The fourth-order valence-corrected chi connectivity index (χ4v) is 2.29. The van der Waals surface area contributed by atoms with Crippen LogP contribution in [-0.2, 0) is 0 Å². The van der Waals surface area contributed by atoms with Crippen LogP contribution in [-0.4, -0.2) is 32.3 Å². The van der Waals surface area contributed by atoms with E-state index in [2.05, 4.69) is 0 Å². The summed E-state index contributed by atoms with van der Waals surface area (Å²) in [6.45, 7) is 6.74. The van der Waals surface area contributed by atoms with E-state index >= 15 is 0 Å². The van der Waals surface area contributed by atoms with Crippen molar-refractivity contribution in [2.24, 2.45) is 0 Å². The lowest BCUT2D eigenvalue weighted by Crippen LogP contribution is -2.70. The Morgan fingerprint density at radius 3 is 1.77 bits per heavy atom. The lowest BCUT2D eigenvalue weighted by Gasteiger charge is -2.59. The molecule has 1 rings (SSSR count). The summed E-state index contributed by atoms with van der Waals surface area (Å²) in [6, 6.07) is 0. The zero-order valence-electron chi connectivity index (χ0n) is 8.74. The van der Waals surface area contributed by atoms with Gasteiger partial charge in [-0.25, -0.2) is 10.0 Å². The lowest BCUT2D eigenvalue weighted by atomic mass is 9.79. The van der Waals surface area contributed by atoms with Crippen molar-refractivity contribution in [2.45, 2.75) is 57.7 Å². The number of hydrogen-bond donors (Lipinski definition) is 2. The normalized spacial score (nSPS) is 43.2. The first-order chi connectivity index (χ1) is 5.60. The van der Waals surface area contributed by atoms with Gasteiger partial charge < -0.3 is 10.3 Å². The molecule has 0 aromatic rings. The maximum absolute atomic E-state index is 12.0. The molecule has 0 aliphatic carbocycles. The second-order valence-corrected chi connectivity index (χ2v) is 5.26. The van der Waals surface area contributed by atoms with Crippen molar-refractivity contribution in [3.05, 3.63) is 5.21 Å². The minimum Gasteiger partial charge on any atom is -0.598 e. The molecule has 2 N–H and O–H groups in total. The molecule has 0 bridgehead atoms. The van der Waals surface area contributed by atoms with Crippen molar-refractivity contribution in [3.63, 3.8) is 0 Å². The molecule has 0 radical (unpaired) electrons. The third-order valence-corrected chi connectivity index (χ3v) is 3.11. The maximum Gasteiger partial charge on any atom is 0.126 e. The standard InChI is InChI=1S/C9H19NO3/c1-8(2)5-7(11)6-9(3,4)10(8,12)13/h7,11-12H,5-6H2,1-4H3. The van der Waals surface area contributed by atoms with E-state index in [1.807, 2.05) is 0 Å². The first kappa shape index (κ1) is 10.9. The molecule has 0 atom stereocenters. The van der Waals surface area contributed by atoms with Gasteiger partial charge in [0.05, 0.1) is 6.10 Å². The average molecular weight is 189 g/mol. The van der Waals surface area contributed by atoms with Crippen molar-refractivity contribution in [1.29, 1.82) is 0 Å². The Hall–Kier alpha value is -0.160. The molecule has 4 nitrogen and oxygen atoms in total. The minimum atomic E-state index is -1.27. The Labute approximate surface area is 78.9 Å². The molecule has 78 valence electrons. The largest absolute Gasteiger partial charge is 0.598 e. The van der Waals surface area contributed by atoms with Gasteiger partial charge in [0, 0.05) is 12.8 Å². The highest BCUT2D eigenvalue weighted by Gasteiger charge is 2.54. The van der Waals surface area contributed by atoms with Crippen molar-refractivity contribution < 1.29 is 15.1 Å². The van der Waals surface area contributed by atoms with E-state index in [4.69, 9.17) is 0 Å². The van der Waals surface area contributed by atoms with Crippen LogP contribution in [0, 0.1) is 5.21 Å². The van der Waals surface area contributed by atoms with Gasteiger partial charge in [-0.1, -0.05) is 0 Å². The maximum atomic E-state index is 12.0. The third kappa shape index (κ3) is 1.48. The lowest BCUT2D eigenvalue weighted by molar-refractivity contribution is -1.14. The van der Waals surface area contributed by atoms with E-state index in [1.165, 1.54) is 0 Å². The molecule has 1 saturated heterocycles. The first-order valence-corrected chi connectivity index (χ1v) is 4.61. The van der Waals surface area contributed by atoms with Crippen LogP contribution in [0.2, 0.25) is 0 Å². The Morgan fingerprint density at radius 1 is 1.15 bits per heavy atom. The quantitative estimate of drug-likeness (QED) is 0.447. The molecular weight excluding hydrogens is 170 g/mol. The number of hydroxylamine groups is 4. The second kappa shape index (κ2) is 2.67. The zero-order chi connectivity index (χ0) is 10.5. The number of rotatable bonds is 0. The minimum absolute atomic E-state index is 0.344. The van der Waals surface area contributed by atoms with Gasteiger partial charge >= 0.3 is 0 Å². The van der Waals surface area contributed by atoms with Crippen LogP contribution in [0.25, 0.3) is 0 Å². The third-order valence-electron chi connectivity index (χ3n) is 3.11. The molecule has 13 heavy (non-hydrogen) atoms. The van der Waals surface area contributed by atoms with Gasteiger partial charge in [-0.15, -0.1) is 0 Å². The summed E-state index contributed by atoms with van der Waals surface area (Å²) >= 11 is 0. The van der Waals surface area contributed by atoms with Crippen LogP contribution in [0.4, 0.5) is 0 Å².